The predicted molar refractivity (Wildman–Crippen MR) is 84.5 cm³/mol. The zero-order chi connectivity index (χ0) is 16.3. The van der Waals surface area contributed by atoms with Crippen LogP contribution in [0, 0.1) is 0 Å². The van der Waals surface area contributed by atoms with E-state index in [1.54, 1.807) is 6.07 Å². The molecule has 3 rings (SSSR count). The number of rotatable bonds is 5. The second-order valence-corrected chi connectivity index (χ2v) is 7.42. The van der Waals surface area contributed by atoms with Gasteiger partial charge in [0.15, 0.2) is 11.5 Å². The average molecular weight is 342 g/mol. The summed E-state index contributed by atoms with van der Waals surface area (Å²) < 4.78 is 43.7. The fraction of sp³-hybridized carbons (Fsp3) is 0.600. The minimum Gasteiger partial charge on any atom is -0.486 e. The number of benzene rings is 1. The van der Waals surface area contributed by atoms with Gasteiger partial charge in [0.05, 0.1) is 18.1 Å². The van der Waals surface area contributed by atoms with Crippen LogP contribution in [-0.2, 0) is 14.8 Å². The summed E-state index contributed by atoms with van der Waals surface area (Å²) in [5.41, 5.74) is 0. The first-order valence-electron chi connectivity index (χ1n) is 7.77. The molecule has 0 aromatic heterocycles. The van der Waals surface area contributed by atoms with Crippen LogP contribution >= 0.6 is 0 Å². The first-order chi connectivity index (χ1) is 11.1. The Labute approximate surface area is 136 Å². The summed E-state index contributed by atoms with van der Waals surface area (Å²) in [6.45, 7) is 6.32. The number of nitrogens with zero attached hydrogens (tertiary/aromatic N) is 1. The Balaban J connectivity index is 1.64. The Hall–Kier alpha value is -1.35. The third-order valence-electron chi connectivity index (χ3n) is 4.06. The van der Waals surface area contributed by atoms with E-state index in [2.05, 4.69) is 9.62 Å². The molecule has 0 radical (unpaired) electrons. The Morgan fingerprint density at radius 1 is 1.13 bits per heavy atom. The average Bonchev–Trinajstić information content (AvgIpc) is 2.60. The van der Waals surface area contributed by atoms with Gasteiger partial charge >= 0.3 is 0 Å². The van der Waals surface area contributed by atoms with Gasteiger partial charge in [-0.15, -0.1) is 0 Å². The summed E-state index contributed by atoms with van der Waals surface area (Å²) in [7, 11) is -3.57. The minimum atomic E-state index is -3.57. The van der Waals surface area contributed by atoms with Crippen molar-refractivity contribution in [3.8, 4) is 11.5 Å². The third kappa shape index (κ3) is 3.95. The van der Waals surface area contributed by atoms with Gasteiger partial charge in [0, 0.05) is 31.7 Å². The second kappa shape index (κ2) is 7.04. The van der Waals surface area contributed by atoms with Crippen molar-refractivity contribution < 1.29 is 22.6 Å². The molecule has 0 bridgehead atoms. The molecule has 2 aliphatic heterocycles. The van der Waals surface area contributed by atoms with Crippen molar-refractivity contribution in [1.82, 2.24) is 9.62 Å². The lowest BCUT2D eigenvalue weighted by molar-refractivity contribution is 0.0213. The summed E-state index contributed by atoms with van der Waals surface area (Å²) in [5, 5.41) is 0. The molecule has 0 amide bonds. The van der Waals surface area contributed by atoms with E-state index in [1.807, 2.05) is 6.92 Å². The van der Waals surface area contributed by atoms with Crippen LogP contribution in [0.5, 0.6) is 11.5 Å². The molecular weight excluding hydrogens is 320 g/mol. The van der Waals surface area contributed by atoms with Crippen LogP contribution in [0.2, 0.25) is 0 Å². The van der Waals surface area contributed by atoms with Crippen LogP contribution in [0.3, 0.4) is 0 Å². The molecule has 1 aromatic rings. The smallest absolute Gasteiger partial charge is 0.240 e. The summed E-state index contributed by atoms with van der Waals surface area (Å²) in [5.74, 6) is 1.05. The molecule has 0 unspecified atom stereocenters. The lowest BCUT2D eigenvalue weighted by Crippen LogP contribution is -2.47. The summed E-state index contributed by atoms with van der Waals surface area (Å²) in [6.07, 6.45) is 0. The van der Waals surface area contributed by atoms with Crippen molar-refractivity contribution in [2.45, 2.75) is 17.9 Å². The quantitative estimate of drug-likeness (QED) is 0.838. The molecule has 1 fully saturated rings. The summed E-state index contributed by atoms with van der Waals surface area (Å²) >= 11 is 0. The van der Waals surface area contributed by atoms with Crippen LogP contribution < -0.4 is 14.2 Å². The summed E-state index contributed by atoms with van der Waals surface area (Å²) in [6, 6.07) is 4.80. The van der Waals surface area contributed by atoms with E-state index in [9.17, 15) is 8.42 Å². The number of sulfonamides is 1. The Kier molecular flexibility index (Phi) is 5.05. The van der Waals surface area contributed by atoms with Crippen molar-refractivity contribution >= 4 is 10.0 Å². The molecule has 2 aliphatic rings. The van der Waals surface area contributed by atoms with Crippen molar-refractivity contribution in [3.63, 3.8) is 0 Å². The number of hydrogen-bond donors (Lipinski definition) is 1. The van der Waals surface area contributed by atoms with E-state index in [1.165, 1.54) is 12.1 Å². The molecule has 1 saturated heterocycles. The maximum Gasteiger partial charge on any atom is 0.240 e. The van der Waals surface area contributed by atoms with Crippen LogP contribution in [0.4, 0.5) is 0 Å². The highest BCUT2D eigenvalue weighted by Crippen LogP contribution is 2.32. The number of fused-ring (bicyclic) bond motifs is 1. The minimum absolute atomic E-state index is 0.117. The highest BCUT2D eigenvalue weighted by atomic mass is 32.2. The predicted octanol–water partition coefficient (Wildman–Crippen LogP) is 0.457. The fourth-order valence-corrected chi connectivity index (χ4v) is 3.79. The monoisotopic (exact) mass is 342 g/mol. The van der Waals surface area contributed by atoms with E-state index in [0.29, 0.717) is 44.5 Å². The number of hydrogen-bond acceptors (Lipinski definition) is 6. The van der Waals surface area contributed by atoms with Crippen LogP contribution in [0.1, 0.15) is 6.92 Å². The van der Waals surface area contributed by atoms with E-state index in [-0.39, 0.29) is 10.9 Å². The van der Waals surface area contributed by atoms with E-state index in [0.717, 1.165) is 13.1 Å². The van der Waals surface area contributed by atoms with Crippen LogP contribution in [0.15, 0.2) is 23.1 Å². The van der Waals surface area contributed by atoms with Gasteiger partial charge in [0.1, 0.15) is 13.2 Å². The fourth-order valence-electron chi connectivity index (χ4n) is 2.65. The van der Waals surface area contributed by atoms with Crippen molar-refractivity contribution in [2.75, 3.05) is 46.1 Å². The summed E-state index contributed by atoms with van der Waals surface area (Å²) in [4.78, 5) is 2.41. The Bertz CT molecular complexity index is 643. The highest BCUT2D eigenvalue weighted by Gasteiger charge is 2.22. The van der Waals surface area contributed by atoms with Crippen LogP contribution in [0.25, 0.3) is 0 Å². The van der Waals surface area contributed by atoms with Gasteiger partial charge in [-0.2, -0.15) is 0 Å². The first kappa shape index (κ1) is 16.5. The third-order valence-corrected chi connectivity index (χ3v) is 5.48. The Morgan fingerprint density at radius 2 is 1.83 bits per heavy atom. The standard InChI is InChI=1S/C15H22N2O5S/c1-12(17-4-6-20-7-5-17)11-16-23(18,19)13-2-3-14-15(10-13)22-9-8-21-14/h2-3,10,12,16H,4-9,11H2,1H3/t12-/m1/s1. The molecule has 2 heterocycles. The molecule has 8 heteroatoms. The molecule has 23 heavy (non-hydrogen) atoms. The maximum absolute atomic E-state index is 12.5. The molecular formula is C15H22N2O5S. The Morgan fingerprint density at radius 3 is 2.57 bits per heavy atom. The van der Waals surface area contributed by atoms with Gasteiger partial charge in [-0.3, -0.25) is 4.90 Å². The SMILES string of the molecule is C[C@H](CNS(=O)(=O)c1ccc2c(c1)OCCO2)N1CCOCC1. The highest BCUT2D eigenvalue weighted by molar-refractivity contribution is 7.89. The van der Waals surface area contributed by atoms with Gasteiger partial charge in [0.25, 0.3) is 0 Å². The zero-order valence-electron chi connectivity index (χ0n) is 13.2. The van der Waals surface area contributed by atoms with Crippen molar-refractivity contribution in [2.24, 2.45) is 0 Å². The van der Waals surface area contributed by atoms with E-state index >= 15 is 0 Å². The number of nitrogens with one attached hydrogen (secondary N) is 1. The second-order valence-electron chi connectivity index (χ2n) is 5.65. The molecule has 0 spiro atoms. The first-order valence-corrected chi connectivity index (χ1v) is 9.26. The number of ether oxygens (including phenoxy) is 3. The van der Waals surface area contributed by atoms with Gasteiger partial charge in [-0.05, 0) is 19.1 Å². The van der Waals surface area contributed by atoms with Gasteiger partial charge in [-0.1, -0.05) is 0 Å². The molecule has 7 nitrogen and oxygen atoms in total. The van der Waals surface area contributed by atoms with Gasteiger partial charge < -0.3 is 14.2 Å². The molecule has 0 aliphatic carbocycles. The largest absolute Gasteiger partial charge is 0.486 e. The zero-order valence-corrected chi connectivity index (χ0v) is 14.0. The maximum atomic E-state index is 12.5. The molecule has 1 aromatic carbocycles. The molecule has 128 valence electrons. The van der Waals surface area contributed by atoms with Gasteiger partial charge in [0.2, 0.25) is 10.0 Å². The lowest BCUT2D eigenvalue weighted by Gasteiger charge is -2.32. The van der Waals surface area contributed by atoms with Crippen molar-refractivity contribution in [1.29, 1.82) is 0 Å². The van der Waals surface area contributed by atoms with E-state index in [4.69, 9.17) is 14.2 Å². The van der Waals surface area contributed by atoms with Gasteiger partial charge in [-0.25, -0.2) is 13.1 Å². The normalized spacial score (nSPS) is 20.2. The lowest BCUT2D eigenvalue weighted by atomic mass is 10.2. The molecule has 1 atom stereocenters. The molecule has 1 N–H and O–H groups in total. The van der Waals surface area contributed by atoms with Crippen molar-refractivity contribution in [3.05, 3.63) is 18.2 Å². The number of morpholine rings is 1. The molecule has 0 saturated carbocycles. The van der Waals surface area contributed by atoms with E-state index < -0.39 is 10.0 Å². The van der Waals surface area contributed by atoms with Crippen LogP contribution in [-0.4, -0.2) is 65.4 Å². The topological polar surface area (TPSA) is 77.1 Å².